The fourth-order valence-corrected chi connectivity index (χ4v) is 14.2. The average molecular weight is 1310 g/mol. The van der Waals surface area contributed by atoms with E-state index in [2.05, 4.69) is 31.3 Å². The van der Waals surface area contributed by atoms with Gasteiger partial charge in [-0.15, -0.1) is 0 Å². The second-order valence-electron chi connectivity index (χ2n) is 30.2. The van der Waals surface area contributed by atoms with Crippen LogP contribution in [0, 0.1) is 0 Å². The molecule has 0 saturated heterocycles. The monoisotopic (exact) mass is 1310 g/mol. The summed E-state index contributed by atoms with van der Waals surface area (Å²) in [6, 6.07) is -0.539. The molecule has 554 valence electrons. The number of hydrogen-bond acceptors (Lipinski definition) is 5. The Labute approximate surface area is 584 Å². The number of nitrogens with one attached hydrogen (secondary N) is 1. The van der Waals surface area contributed by atoms with Crippen LogP contribution in [-0.4, -0.2) is 47.4 Å². The lowest BCUT2D eigenvalue weighted by molar-refractivity contribution is -0.143. The van der Waals surface area contributed by atoms with Crippen molar-refractivity contribution in [1.82, 2.24) is 5.32 Å². The van der Waals surface area contributed by atoms with Gasteiger partial charge in [-0.05, 0) is 51.4 Å². The van der Waals surface area contributed by atoms with Crippen LogP contribution in [0.1, 0.15) is 508 Å². The first kappa shape index (κ1) is 91.6. The van der Waals surface area contributed by atoms with E-state index in [1.165, 1.54) is 437 Å². The van der Waals surface area contributed by atoms with Crippen LogP contribution in [0.2, 0.25) is 0 Å². The lowest BCUT2D eigenvalue weighted by Crippen LogP contribution is -2.45. The van der Waals surface area contributed by atoms with Gasteiger partial charge >= 0.3 is 5.97 Å². The van der Waals surface area contributed by atoms with Gasteiger partial charge < -0.3 is 20.3 Å². The fourth-order valence-electron chi connectivity index (χ4n) is 14.2. The van der Waals surface area contributed by atoms with Gasteiger partial charge in [-0.25, -0.2) is 0 Å². The van der Waals surface area contributed by atoms with Crippen molar-refractivity contribution >= 4 is 11.9 Å². The minimum Gasteiger partial charge on any atom is -0.466 e. The van der Waals surface area contributed by atoms with Crippen molar-refractivity contribution < 1.29 is 24.5 Å². The van der Waals surface area contributed by atoms with Crippen molar-refractivity contribution in [2.75, 3.05) is 13.2 Å². The molecule has 0 fully saturated rings. The number of unbranched alkanes of at least 4 members (excludes halogenated alkanes) is 70. The molecular formula is C87H171NO5. The molecule has 3 N–H and O–H groups in total. The minimum absolute atomic E-state index is 0.0243. The molecule has 1 amide bonds. The summed E-state index contributed by atoms with van der Waals surface area (Å²) in [7, 11) is 0. The smallest absolute Gasteiger partial charge is 0.305 e. The van der Waals surface area contributed by atoms with Crippen molar-refractivity contribution in [3.05, 3.63) is 12.2 Å². The van der Waals surface area contributed by atoms with E-state index < -0.39 is 12.1 Å². The highest BCUT2D eigenvalue weighted by Crippen LogP contribution is 2.21. The minimum atomic E-state index is -0.662. The lowest BCUT2D eigenvalue weighted by Gasteiger charge is -2.22. The Hall–Kier alpha value is -1.40. The Morgan fingerprint density at radius 1 is 0.290 bits per heavy atom. The highest BCUT2D eigenvalue weighted by Gasteiger charge is 2.20. The molecule has 0 radical (unpaired) electrons. The largest absolute Gasteiger partial charge is 0.466 e. The molecule has 0 aliphatic carbocycles. The third kappa shape index (κ3) is 79.5. The molecule has 0 saturated carbocycles. The molecule has 0 aromatic rings. The van der Waals surface area contributed by atoms with Gasteiger partial charge in [-0.1, -0.05) is 456 Å². The summed E-state index contributed by atoms with van der Waals surface area (Å²) in [6.45, 7) is 5.02. The summed E-state index contributed by atoms with van der Waals surface area (Å²) in [4.78, 5) is 24.7. The topological polar surface area (TPSA) is 95.9 Å². The van der Waals surface area contributed by atoms with Crippen LogP contribution in [0.15, 0.2) is 12.2 Å². The first-order valence-electron chi connectivity index (χ1n) is 43.4. The molecule has 0 aliphatic rings. The predicted molar refractivity (Wildman–Crippen MR) is 412 cm³/mol. The van der Waals surface area contributed by atoms with E-state index in [-0.39, 0.29) is 18.5 Å². The summed E-state index contributed by atoms with van der Waals surface area (Å²) >= 11 is 0. The van der Waals surface area contributed by atoms with Gasteiger partial charge in [0.05, 0.1) is 25.4 Å². The van der Waals surface area contributed by atoms with Crippen LogP contribution < -0.4 is 5.32 Å². The van der Waals surface area contributed by atoms with Crippen molar-refractivity contribution in [3.8, 4) is 0 Å². The molecule has 0 spiro atoms. The number of carbonyl (C=O) groups excluding carboxylic acids is 2. The third-order valence-electron chi connectivity index (χ3n) is 20.8. The Balaban J connectivity index is 3.32. The number of allylic oxidation sites excluding steroid dienone is 2. The van der Waals surface area contributed by atoms with E-state index >= 15 is 0 Å². The van der Waals surface area contributed by atoms with Crippen molar-refractivity contribution in [2.24, 2.45) is 0 Å². The van der Waals surface area contributed by atoms with Crippen molar-refractivity contribution in [1.29, 1.82) is 0 Å². The molecule has 93 heavy (non-hydrogen) atoms. The normalized spacial score (nSPS) is 12.4. The lowest BCUT2D eigenvalue weighted by atomic mass is 10.0. The van der Waals surface area contributed by atoms with E-state index in [9.17, 15) is 19.8 Å². The Morgan fingerprint density at radius 2 is 0.505 bits per heavy atom. The van der Waals surface area contributed by atoms with E-state index in [0.29, 0.717) is 25.9 Å². The van der Waals surface area contributed by atoms with Crippen molar-refractivity contribution in [2.45, 2.75) is 520 Å². The van der Waals surface area contributed by atoms with E-state index in [4.69, 9.17) is 4.74 Å². The first-order chi connectivity index (χ1) is 46.0. The SMILES string of the molecule is CCCCCCCCCCCCCCCCCCCCCCCCC(O)C(CO)NC(=O)CCCCCCCCCCCCCCCCCCC/C=C\CCCCCCCCCCCCCCCCCCCCOC(=O)CCCCCCCCCCCCCCCCC. The zero-order chi connectivity index (χ0) is 67.0. The van der Waals surface area contributed by atoms with Gasteiger partial charge in [0.15, 0.2) is 0 Å². The summed E-state index contributed by atoms with van der Waals surface area (Å²) in [5.74, 6) is 0.00247. The van der Waals surface area contributed by atoms with Gasteiger partial charge in [-0.3, -0.25) is 9.59 Å². The predicted octanol–water partition coefficient (Wildman–Crippen LogP) is 29.0. The molecule has 0 rings (SSSR count). The van der Waals surface area contributed by atoms with Gasteiger partial charge in [0.25, 0.3) is 0 Å². The van der Waals surface area contributed by atoms with E-state index in [1.807, 2.05) is 0 Å². The number of hydrogen-bond donors (Lipinski definition) is 3. The Kier molecular flexibility index (Phi) is 81.8. The van der Waals surface area contributed by atoms with E-state index in [0.717, 1.165) is 38.5 Å². The molecule has 0 bridgehead atoms. The number of ether oxygens (including phenoxy) is 1. The maximum Gasteiger partial charge on any atom is 0.305 e. The number of esters is 1. The molecular weight excluding hydrogens is 1140 g/mol. The maximum absolute atomic E-state index is 12.6. The summed E-state index contributed by atoms with van der Waals surface area (Å²) in [5.41, 5.74) is 0. The first-order valence-corrected chi connectivity index (χ1v) is 43.4. The van der Waals surface area contributed by atoms with Crippen LogP contribution in [-0.2, 0) is 14.3 Å². The summed E-state index contributed by atoms with van der Waals surface area (Å²) < 4.78 is 5.51. The zero-order valence-corrected chi connectivity index (χ0v) is 63.8. The van der Waals surface area contributed by atoms with Gasteiger partial charge in [-0.2, -0.15) is 0 Å². The molecule has 6 heteroatoms. The number of amides is 1. The highest BCUT2D eigenvalue weighted by atomic mass is 16.5. The Morgan fingerprint density at radius 3 is 0.763 bits per heavy atom. The number of aliphatic hydroxyl groups is 2. The Bertz CT molecular complexity index is 1420. The average Bonchev–Trinajstić information content (AvgIpc) is 3.78. The number of aliphatic hydroxyl groups excluding tert-OH is 2. The standard InChI is InChI=1S/C87H171NO5/c1-3-5-7-9-11-13-15-17-19-20-21-22-42-45-48-52-55-59-63-67-71-75-79-85(90)84(83-89)88-86(91)80-76-72-68-64-60-56-53-49-46-43-40-38-36-34-32-30-28-26-24-23-25-27-29-31-33-35-37-39-41-44-47-50-54-58-62-66-70-74-78-82-93-87(92)81-77-73-69-65-61-57-51-18-16-14-12-10-8-6-4-2/h23-24,84-85,89-90H,3-22,25-83H2,1-2H3,(H,88,91)/b24-23-. The van der Waals surface area contributed by atoms with Crippen LogP contribution in [0.4, 0.5) is 0 Å². The molecule has 0 aromatic heterocycles. The van der Waals surface area contributed by atoms with Crippen LogP contribution in [0.3, 0.4) is 0 Å². The van der Waals surface area contributed by atoms with Crippen LogP contribution in [0.25, 0.3) is 0 Å². The van der Waals surface area contributed by atoms with Crippen molar-refractivity contribution in [3.63, 3.8) is 0 Å². The molecule has 0 aromatic carbocycles. The molecule has 0 heterocycles. The second kappa shape index (κ2) is 83.0. The van der Waals surface area contributed by atoms with E-state index in [1.54, 1.807) is 0 Å². The second-order valence-corrected chi connectivity index (χ2v) is 30.2. The van der Waals surface area contributed by atoms with Crippen LogP contribution in [0.5, 0.6) is 0 Å². The van der Waals surface area contributed by atoms with Gasteiger partial charge in [0, 0.05) is 12.8 Å². The van der Waals surface area contributed by atoms with Gasteiger partial charge in [0.1, 0.15) is 0 Å². The fraction of sp³-hybridized carbons (Fsp3) is 0.954. The quantitative estimate of drug-likeness (QED) is 0.0320. The molecule has 6 nitrogen and oxygen atoms in total. The number of rotatable bonds is 83. The van der Waals surface area contributed by atoms with Gasteiger partial charge in [0.2, 0.25) is 5.91 Å². The molecule has 2 atom stereocenters. The van der Waals surface area contributed by atoms with Crippen LogP contribution >= 0.6 is 0 Å². The number of carbonyl (C=O) groups is 2. The molecule has 2 unspecified atom stereocenters. The third-order valence-corrected chi connectivity index (χ3v) is 20.8. The molecule has 0 aliphatic heterocycles. The maximum atomic E-state index is 12.6. The zero-order valence-electron chi connectivity index (χ0n) is 63.8. The highest BCUT2D eigenvalue weighted by molar-refractivity contribution is 5.76. The summed E-state index contributed by atoms with van der Waals surface area (Å²) in [6.07, 6.45) is 106. The summed E-state index contributed by atoms with van der Waals surface area (Å²) in [5, 5.41) is 23.5.